The van der Waals surface area contributed by atoms with Crippen molar-refractivity contribution in [3.63, 3.8) is 0 Å². The SMILES string of the molecule is CC1(C)[C@H](C(=O)O)[C@@H]1C(=O)NCc1cccc(F)c1. The van der Waals surface area contributed by atoms with E-state index in [0.29, 0.717) is 5.56 Å². The molecule has 4 nitrogen and oxygen atoms in total. The van der Waals surface area contributed by atoms with E-state index in [1.165, 1.54) is 12.1 Å². The fourth-order valence-corrected chi connectivity index (χ4v) is 2.53. The molecule has 1 aliphatic rings. The zero-order valence-corrected chi connectivity index (χ0v) is 10.8. The molecule has 1 aliphatic carbocycles. The molecule has 1 aromatic carbocycles. The van der Waals surface area contributed by atoms with Crippen molar-refractivity contribution in [3.8, 4) is 0 Å². The monoisotopic (exact) mass is 265 g/mol. The number of carbonyl (C=O) groups excluding carboxylic acids is 1. The Balaban J connectivity index is 1.95. The zero-order chi connectivity index (χ0) is 14.2. The molecular formula is C14H16FNO3. The lowest BCUT2D eigenvalue weighted by Gasteiger charge is -2.06. The second-order valence-corrected chi connectivity index (χ2v) is 5.46. The molecule has 0 unspecified atom stereocenters. The molecule has 0 aromatic heterocycles. The van der Waals surface area contributed by atoms with Gasteiger partial charge < -0.3 is 10.4 Å². The fraction of sp³-hybridized carbons (Fsp3) is 0.429. The first-order valence-electron chi connectivity index (χ1n) is 6.09. The van der Waals surface area contributed by atoms with Gasteiger partial charge in [0.25, 0.3) is 0 Å². The van der Waals surface area contributed by atoms with Gasteiger partial charge in [-0.2, -0.15) is 0 Å². The van der Waals surface area contributed by atoms with Crippen molar-refractivity contribution in [1.82, 2.24) is 5.32 Å². The highest BCUT2D eigenvalue weighted by atomic mass is 19.1. The molecule has 19 heavy (non-hydrogen) atoms. The highest BCUT2D eigenvalue weighted by Crippen LogP contribution is 2.58. The number of carbonyl (C=O) groups is 2. The van der Waals surface area contributed by atoms with Crippen LogP contribution in [-0.4, -0.2) is 17.0 Å². The third kappa shape index (κ3) is 2.59. The summed E-state index contributed by atoms with van der Waals surface area (Å²) in [5.41, 5.74) is 0.136. The van der Waals surface area contributed by atoms with Gasteiger partial charge in [-0.3, -0.25) is 9.59 Å². The van der Waals surface area contributed by atoms with E-state index in [4.69, 9.17) is 5.11 Å². The Hall–Kier alpha value is -1.91. The predicted molar refractivity (Wildman–Crippen MR) is 66.6 cm³/mol. The summed E-state index contributed by atoms with van der Waals surface area (Å²) in [6.07, 6.45) is 0. The van der Waals surface area contributed by atoms with Crippen molar-refractivity contribution < 1.29 is 19.1 Å². The summed E-state index contributed by atoms with van der Waals surface area (Å²) < 4.78 is 13.0. The van der Waals surface area contributed by atoms with Crippen LogP contribution in [-0.2, 0) is 16.1 Å². The summed E-state index contributed by atoms with van der Waals surface area (Å²) in [6, 6.07) is 5.94. The van der Waals surface area contributed by atoms with Gasteiger partial charge in [0.05, 0.1) is 11.8 Å². The van der Waals surface area contributed by atoms with Crippen molar-refractivity contribution in [2.24, 2.45) is 17.3 Å². The van der Waals surface area contributed by atoms with Crippen LogP contribution in [0, 0.1) is 23.1 Å². The van der Waals surface area contributed by atoms with Crippen LogP contribution in [0.1, 0.15) is 19.4 Å². The number of nitrogens with one attached hydrogen (secondary N) is 1. The van der Waals surface area contributed by atoms with Crippen LogP contribution in [0.5, 0.6) is 0 Å². The number of amides is 1. The normalized spacial score (nSPS) is 23.7. The van der Waals surface area contributed by atoms with Crippen LogP contribution in [0.15, 0.2) is 24.3 Å². The first-order valence-corrected chi connectivity index (χ1v) is 6.09. The average Bonchev–Trinajstić information content (AvgIpc) is 2.90. The van der Waals surface area contributed by atoms with Gasteiger partial charge in [0.15, 0.2) is 0 Å². The van der Waals surface area contributed by atoms with E-state index < -0.39 is 23.2 Å². The van der Waals surface area contributed by atoms with Gasteiger partial charge in [-0.05, 0) is 23.1 Å². The molecule has 0 radical (unpaired) electrons. The van der Waals surface area contributed by atoms with Gasteiger partial charge in [-0.15, -0.1) is 0 Å². The Morgan fingerprint density at radius 2 is 2.05 bits per heavy atom. The topological polar surface area (TPSA) is 66.4 Å². The third-order valence-corrected chi connectivity index (χ3v) is 3.73. The van der Waals surface area contributed by atoms with Crippen molar-refractivity contribution in [1.29, 1.82) is 0 Å². The molecule has 1 amide bonds. The maximum atomic E-state index is 13.0. The molecule has 0 bridgehead atoms. The van der Waals surface area contributed by atoms with Gasteiger partial charge in [0.2, 0.25) is 5.91 Å². The second-order valence-electron chi connectivity index (χ2n) is 5.46. The summed E-state index contributed by atoms with van der Waals surface area (Å²) in [6.45, 7) is 3.73. The van der Waals surface area contributed by atoms with Gasteiger partial charge >= 0.3 is 5.97 Å². The maximum absolute atomic E-state index is 13.0. The number of hydrogen-bond donors (Lipinski definition) is 2. The molecule has 2 N–H and O–H groups in total. The van der Waals surface area contributed by atoms with E-state index in [9.17, 15) is 14.0 Å². The number of carboxylic acids is 1. The minimum Gasteiger partial charge on any atom is -0.481 e. The molecule has 2 rings (SSSR count). The van der Waals surface area contributed by atoms with Crippen LogP contribution in [0.4, 0.5) is 4.39 Å². The third-order valence-electron chi connectivity index (χ3n) is 3.73. The molecule has 0 spiro atoms. The van der Waals surface area contributed by atoms with Crippen LogP contribution in [0.2, 0.25) is 0 Å². The Bertz CT molecular complexity index is 527. The molecule has 5 heteroatoms. The van der Waals surface area contributed by atoms with E-state index in [1.807, 2.05) is 0 Å². The van der Waals surface area contributed by atoms with Crippen molar-refractivity contribution in [3.05, 3.63) is 35.6 Å². The Kier molecular flexibility index (Phi) is 3.30. The molecule has 0 heterocycles. The highest BCUT2D eigenvalue weighted by molar-refractivity contribution is 5.91. The minimum absolute atomic E-state index is 0.204. The quantitative estimate of drug-likeness (QED) is 0.872. The molecule has 0 aliphatic heterocycles. The predicted octanol–water partition coefficient (Wildman–Crippen LogP) is 1.80. The van der Waals surface area contributed by atoms with Crippen LogP contribution in [0.3, 0.4) is 0 Å². The maximum Gasteiger partial charge on any atom is 0.307 e. The van der Waals surface area contributed by atoms with E-state index >= 15 is 0 Å². The van der Waals surface area contributed by atoms with Crippen molar-refractivity contribution in [2.45, 2.75) is 20.4 Å². The summed E-state index contributed by atoms with van der Waals surface area (Å²) in [5.74, 6) is -2.75. The Morgan fingerprint density at radius 1 is 1.37 bits per heavy atom. The molecule has 0 saturated heterocycles. The molecule has 102 valence electrons. The van der Waals surface area contributed by atoms with Gasteiger partial charge in [0.1, 0.15) is 5.82 Å². The van der Waals surface area contributed by atoms with E-state index in [-0.39, 0.29) is 18.3 Å². The first kappa shape index (κ1) is 13.5. The summed E-state index contributed by atoms with van der Waals surface area (Å²) >= 11 is 0. The number of carboxylic acid groups (broad SMARTS) is 1. The van der Waals surface area contributed by atoms with Crippen LogP contribution >= 0.6 is 0 Å². The van der Waals surface area contributed by atoms with Crippen molar-refractivity contribution in [2.75, 3.05) is 0 Å². The fourth-order valence-electron chi connectivity index (χ4n) is 2.53. The lowest BCUT2D eigenvalue weighted by Crippen LogP contribution is -2.26. The number of aliphatic carboxylic acids is 1. The number of halogens is 1. The van der Waals surface area contributed by atoms with Gasteiger partial charge in [-0.1, -0.05) is 26.0 Å². The molecule has 1 fully saturated rings. The lowest BCUT2D eigenvalue weighted by molar-refractivity contribution is -0.140. The smallest absolute Gasteiger partial charge is 0.307 e. The molecule has 1 aromatic rings. The van der Waals surface area contributed by atoms with Crippen LogP contribution in [0.25, 0.3) is 0 Å². The van der Waals surface area contributed by atoms with Crippen molar-refractivity contribution >= 4 is 11.9 Å². The largest absolute Gasteiger partial charge is 0.481 e. The number of benzene rings is 1. The number of rotatable bonds is 4. The standard InChI is InChI=1S/C14H16FNO3/c1-14(2)10(11(14)13(18)19)12(17)16-7-8-4-3-5-9(15)6-8/h3-6,10-11H,7H2,1-2H3,(H,16,17)(H,18,19)/t10-,11+/m1/s1. The molecule has 2 atom stereocenters. The van der Waals surface area contributed by atoms with Gasteiger partial charge in [0, 0.05) is 6.54 Å². The van der Waals surface area contributed by atoms with E-state index in [0.717, 1.165) is 0 Å². The average molecular weight is 265 g/mol. The lowest BCUT2D eigenvalue weighted by atomic mass is 10.1. The van der Waals surface area contributed by atoms with Gasteiger partial charge in [-0.25, -0.2) is 4.39 Å². The molecule has 1 saturated carbocycles. The van der Waals surface area contributed by atoms with E-state index in [1.54, 1.807) is 26.0 Å². The van der Waals surface area contributed by atoms with Crippen LogP contribution < -0.4 is 5.32 Å². The first-order chi connectivity index (χ1) is 8.84. The minimum atomic E-state index is -0.948. The summed E-state index contributed by atoms with van der Waals surface area (Å²) in [4.78, 5) is 22.9. The Morgan fingerprint density at radius 3 is 2.58 bits per heavy atom. The summed E-state index contributed by atoms with van der Waals surface area (Å²) in [7, 11) is 0. The number of hydrogen-bond acceptors (Lipinski definition) is 2. The highest BCUT2D eigenvalue weighted by Gasteiger charge is 2.65. The Labute approximate surface area is 110 Å². The van der Waals surface area contributed by atoms with E-state index in [2.05, 4.69) is 5.32 Å². The second kappa shape index (κ2) is 4.64. The summed E-state index contributed by atoms with van der Waals surface area (Å²) in [5, 5.41) is 11.7. The zero-order valence-electron chi connectivity index (χ0n) is 10.8. The molecular weight excluding hydrogens is 249 g/mol.